The van der Waals surface area contributed by atoms with Crippen LogP contribution in [0.3, 0.4) is 0 Å². The molecule has 0 aliphatic heterocycles. The molecule has 6 heteroatoms. The van der Waals surface area contributed by atoms with Crippen molar-refractivity contribution >= 4 is 16.9 Å². The molecular formula is C25H33N3O3. The Bertz CT molecular complexity index is 977. The van der Waals surface area contributed by atoms with Gasteiger partial charge >= 0.3 is 0 Å². The average Bonchev–Trinajstić information content (AvgIpc) is 3.10. The summed E-state index contributed by atoms with van der Waals surface area (Å²) in [7, 11) is 1.52. The van der Waals surface area contributed by atoms with Crippen molar-refractivity contribution in [1.82, 2.24) is 14.9 Å². The predicted molar refractivity (Wildman–Crippen MR) is 124 cm³/mol. The number of ether oxygens (including phenoxy) is 2. The van der Waals surface area contributed by atoms with Gasteiger partial charge in [0.15, 0.2) is 0 Å². The molecule has 0 spiro atoms. The zero-order chi connectivity index (χ0) is 22.1. The van der Waals surface area contributed by atoms with Crippen molar-refractivity contribution in [3.8, 4) is 5.75 Å². The lowest BCUT2D eigenvalue weighted by molar-refractivity contribution is -0.124. The molecule has 0 bridgehead atoms. The number of amides is 1. The van der Waals surface area contributed by atoms with Crippen molar-refractivity contribution in [3.05, 3.63) is 59.4 Å². The Kier molecular flexibility index (Phi) is 8.47. The van der Waals surface area contributed by atoms with Gasteiger partial charge in [0.2, 0.25) is 5.91 Å². The first-order valence-electron chi connectivity index (χ1n) is 11.0. The van der Waals surface area contributed by atoms with Gasteiger partial charge in [-0.1, -0.05) is 30.3 Å². The molecule has 3 rings (SSSR count). The maximum absolute atomic E-state index is 11.5. The van der Waals surface area contributed by atoms with Gasteiger partial charge in [-0.15, -0.1) is 0 Å². The third kappa shape index (κ3) is 6.31. The molecule has 1 aromatic heterocycles. The fraction of sp³-hybridized carbons (Fsp3) is 0.440. The highest BCUT2D eigenvalue weighted by atomic mass is 16.5. The summed E-state index contributed by atoms with van der Waals surface area (Å²) in [5.74, 6) is 1.99. The number of hydrogen-bond donors (Lipinski definition) is 1. The summed E-state index contributed by atoms with van der Waals surface area (Å²) in [4.78, 5) is 16.4. The molecule has 1 amide bonds. The Balaban J connectivity index is 1.54. The minimum absolute atomic E-state index is 0.0834. The summed E-state index contributed by atoms with van der Waals surface area (Å²) < 4.78 is 13.2. The largest absolute Gasteiger partial charge is 0.493 e. The minimum atomic E-state index is -0.0834. The first-order chi connectivity index (χ1) is 15.1. The summed E-state index contributed by atoms with van der Waals surface area (Å²) in [6.07, 6.45) is 3.66. The number of methoxy groups -OCH3 is 1. The maximum Gasteiger partial charge on any atom is 0.245 e. The number of carbonyl (C=O) groups excluding carboxylic acids is 1. The van der Waals surface area contributed by atoms with Gasteiger partial charge in [-0.05, 0) is 56.4 Å². The van der Waals surface area contributed by atoms with Crippen LogP contribution in [0, 0.1) is 13.8 Å². The summed E-state index contributed by atoms with van der Waals surface area (Å²) in [5.41, 5.74) is 4.55. The van der Waals surface area contributed by atoms with E-state index in [4.69, 9.17) is 14.5 Å². The lowest BCUT2D eigenvalue weighted by atomic mass is 10.1. The Hall–Kier alpha value is -2.86. The van der Waals surface area contributed by atoms with Crippen LogP contribution in [-0.2, 0) is 22.5 Å². The molecule has 31 heavy (non-hydrogen) atoms. The summed E-state index contributed by atoms with van der Waals surface area (Å²) >= 11 is 0. The van der Waals surface area contributed by atoms with Crippen LogP contribution in [0.4, 0.5) is 0 Å². The summed E-state index contributed by atoms with van der Waals surface area (Å²) in [5, 5.41) is 2.87. The molecule has 2 aromatic carbocycles. The van der Waals surface area contributed by atoms with E-state index in [1.807, 2.05) is 6.07 Å². The maximum atomic E-state index is 11.5. The predicted octanol–water partition coefficient (Wildman–Crippen LogP) is 4.21. The third-order valence-corrected chi connectivity index (χ3v) is 5.34. The fourth-order valence-corrected chi connectivity index (χ4v) is 3.80. The second kappa shape index (κ2) is 11.5. The van der Waals surface area contributed by atoms with E-state index in [1.165, 1.54) is 18.2 Å². The monoisotopic (exact) mass is 423 g/mol. The topological polar surface area (TPSA) is 65.4 Å². The molecule has 1 heterocycles. The molecule has 1 N–H and O–H groups in total. The number of nitrogens with one attached hydrogen (secondary N) is 1. The van der Waals surface area contributed by atoms with Gasteiger partial charge in [0.25, 0.3) is 0 Å². The van der Waals surface area contributed by atoms with E-state index in [-0.39, 0.29) is 12.5 Å². The quantitative estimate of drug-likeness (QED) is 0.443. The molecule has 0 fully saturated rings. The number of aromatic nitrogens is 2. The Morgan fingerprint density at radius 1 is 1.03 bits per heavy atom. The van der Waals surface area contributed by atoms with Crippen LogP contribution in [0.2, 0.25) is 0 Å². The third-order valence-electron chi connectivity index (χ3n) is 5.34. The fourth-order valence-electron chi connectivity index (χ4n) is 3.80. The van der Waals surface area contributed by atoms with E-state index in [2.05, 4.69) is 60.1 Å². The standard InChI is InChI=1S/C25H33N3O3/c1-19-10-8-11-20(2)25(19)31-17-7-6-16-28-22-13-5-4-12-21(22)27-23(28)14-9-15-26-24(29)18-30-3/h4-5,8,10-13H,6-7,9,14-18H2,1-3H3,(H,26,29). The highest BCUT2D eigenvalue weighted by molar-refractivity contribution is 5.77. The van der Waals surface area contributed by atoms with Gasteiger partial charge in [0, 0.05) is 26.6 Å². The lowest BCUT2D eigenvalue weighted by Gasteiger charge is -2.13. The molecule has 0 aliphatic rings. The van der Waals surface area contributed by atoms with Crippen LogP contribution in [0.25, 0.3) is 11.0 Å². The summed E-state index contributed by atoms with van der Waals surface area (Å²) in [6, 6.07) is 14.5. The summed E-state index contributed by atoms with van der Waals surface area (Å²) in [6.45, 7) is 6.51. The van der Waals surface area contributed by atoms with Crippen molar-refractivity contribution in [2.24, 2.45) is 0 Å². The number of nitrogens with zero attached hydrogens (tertiary/aromatic N) is 2. The van der Waals surface area contributed by atoms with Crippen LogP contribution in [-0.4, -0.2) is 42.3 Å². The number of para-hydroxylation sites is 3. The second-order valence-corrected chi connectivity index (χ2v) is 7.83. The van der Waals surface area contributed by atoms with Gasteiger partial charge in [-0.3, -0.25) is 4.79 Å². The van der Waals surface area contributed by atoms with Crippen molar-refractivity contribution in [1.29, 1.82) is 0 Å². The van der Waals surface area contributed by atoms with Crippen LogP contribution in [0.1, 0.15) is 36.2 Å². The SMILES string of the molecule is COCC(=O)NCCCc1nc2ccccc2n1CCCCOc1c(C)cccc1C. The van der Waals surface area contributed by atoms with Gasteiger partial charge < -0.3 is 19.4 Å². The zero-order valence-corrected chi connectivity index (χ0v) is 18.8. The van der Waals surface area contributed by atoms with E-state index in [0.717, 1.165) is 54.8 Å². The molecule has 0 radical (unpaired) electrons. The number of fused-ring (bicyclic) bond motifs is 1. The van der Waals surface area contributed by atoms with E-state index in [9.17, 15) is 4.79 Å². The second-order valence-electron chi connectivity index (χ2n) is 7.83. The molecule has 0 unspecified atom stereocenters. The molecule has 0 atom stereocenters. The smallest absolute Gasteiger partial charge is 0.245 e. The minimum Gasteiger partial charge on any atom is -0.493 e. The van der Waals surface area contributed by atoms with E-state index in [0.29, 0.717) is 13.2 Å². The molecule has 166 valence electrons. The Morgan fingerprint density at radius 3 is 2.58 bits per heavy atom. The normalized spacial score (nSPS) is 11.1. The van der Waals surface area contributed by atoms with Crippen molar-refractivity contribution < 1.29 is 14.3 Å². The van der Waals surface area contributed by atoms with Gasteiger partial charge in [-0.25, -0.2) is 4.98 Å². The number of carbonyl (C=O) groups is 1. The van der Waals surface area contributed by atoms with Crippen molar-refractivity contribution in [2.45, 2.75) is 46.1 Å². The highest BCUT2D eigenvalue weighted by Gasteiger charge is 2.11. The number of imidazole rings is 1. The molecular weight excluding hydrogens is 390 g/mol. The van der Waals surface area contributed by atoms with Gasteiger partial charge in [0.1, 0.15) is 18.2 Å². The molecule has 0 saturated carbocycles. The van der Waals surface area contributed by atoms with Gasteiger partial charge in [-0.2, -0.15) is 0 Å². The molecule has 0 saturated heterocycles. The molecule has 3 aromatic rings. The number of hydrogen-bond acceptors (Lipinski definition) is 4. The molecule has 6 nitrogen and oxygen atoms in total. The number of benzene rings is 2. The van der Waals surface area contributed by atoms with Crippen molar-refractivity contribution in [2.75, 3.05) is 26.9 Å². The van der Waals surface area contributed by atoms with E-state index >= 15 is 0 Å². The number of unbranched alkanes of at least 4 members (excludes halogenated alkanes) is 1. The van der Waals surface area contributed by atoms with Crippen LogP contribution in [0.15, 0.2) is 42.5 Å². The number of aryl methyl sites for hydroxylation is 4. The van der Waals surface area contributed by atoms with Crippen LogP contribution < -0.4 is 10.1 Å². The first kappa shape index (κ1) is 22.8. The Morgan fingerprint density at radius 2 is 1.81 bits per heavy atom. The average molecular weight is 424 g/mol. The van der Waals surface area contributed by atoms with Crippen molar-refractivity contribution in [3.63, 3.8) is 0 Å². The first-order valence-corrected chi connectivity index (χ1v) is 11.0. The lowest BCUT2D eigenvalue weighted by Crippen LogP contribution is -2.28. The van der Waals surface area contributed by atoms with Crippen LogP contribution >= 0.6 is 0 Å². The number of rotatable bonds is 12. The molecule has 0 aliphatic carbocycles. The highest BCUT2D eigenvalue weighted by Crippen LogP contribution is 2.23. The Labute approximate surface area is 184 Å². The van der Waals surface area contributed by atoms with Gasteiger partial charge in [0.05, 0.1) is 17.6 Å². The van der Waals surface area contributed by atoms with E-state index < -0.39 is 0 Å². The van der Waals surface area contributed by atoms with Crippen LogP contribution in [0.5, 0.6) is 5.75 Å². The van der Waals surface area contributed by atoms with E-state index in [1.54, 1.807) is 0 Å². The zero-order valence-electron chi connectivity index (χ0n) is 18.8.